The molecule has 0 bridgehead atoms. The van der Waals surface area contributed by atoms with Gasteiger partial charge in [-0.1, -0.05) is 17.4 Å². The van der Waals surface area contributed by atoms with E-state index < -0.39 is 12.1 Å². The molecule has 0 radical (unpaired) electrons. The fourth-order valence-electron chi connectivity index (χ4n) is 4.41. The molecule has 1 aliphatic carbocycles. The maximum atomic E-state index is 13.2. The Bertz CT molecular complexity index is 993. The lowest BCUT2D eigenvalue weighted by Crippen LogP contribution is -2.40. The summed E-state index contributed by atoms with van der Waals surface area (Å²) in [7, 11) is 0. The Kier molecular flexibility index (Phi) is 3.44. The summed E-state index contributed by atoms with van der Waals surface area (Å²) < 4.78 is 0. The number of carbonyl (C=O) groups excluding carboxylic acids is 2. The van der Waals surface area contributed by atoms with Crippen molar-refractivity contribution in [1.29, 1.82) is 0 Å². The molecule has 1 fully saturated rings. The van der Waals surface area contributed by atoms with Gasteiger partial charge < -0.3 is 0 Å². The molecule has 2 aromatic carbocycles. The highest BCUT2D eigenvalue weighted by Crippen LogP contribution is 2.36. The van der Waals surface area contributed by atoms with Crippen LogP contribution in [0.25, 0.3) is 0 Å². The largest absolute Gasteiger partial charge is 0.271 e. The molecule has 1 saturated heterocycles. The molecule has 2 heterocycles. The highest BCUT2D eigenvalue weighted by Gasteiger charge is 2.55. The summed E-state index contributed by atoms with van der Waals surface area (Å²) in [6.45, 7) is 4.00. The standard InChI is InChI=1S/C21H20N4O2/c1-12-8-13(2)10-17(9-12)25-19-18(22-23-25)20(26)24(21(19)27)16-7-6-14-4-3-5-15(14)11-16/h6-11,18-19H,3-5H2,1-2H3/t18-,19-/m1/s1. The first-order valence-corrected chi connectivity index (χ1v) is 9.31. The molecule has 0 saturated carbocycles. The quantitative estimate of drug-likeness (QED) is 0.772. The predicted molar refractivity (Wildman–Crippen MR) is 102 cm³/mol. The van der Waals surface area contributed by atoms with E-state index >= 15 is 0 Å². The Labute approximate surface area is 157 Å². The van der Waals surface area contributed by atoms with Crippen LogP contribution in [0.5, 0.6) is 0 Å². The zero-order valence-electron chi connectivity index (χ0n) is 15.3. The minimum atomic E-state index is -0.772. The number of hydrogen-bond acceptors (Lipinski definition) is 5. The number of hydrogen-bond donors (Lipinski definition) is 0. The van der Waals surface area contributed by atoms with Gasteiger partial charge in [0.05, 0.1) is 11.4 Å². The highest BCUT2D eigenvalue weighted by molar-refractivity contribution is 6.26. The molecule has 6 nitrogen and oxygen atoms in total. The number of amides is 2. The third-order valence-electron chi connectivity index (χ3n) is 5.59. The van der Waals surface area contributed by atoms with Crippen molar-refractivity contribution in [3.63, 3.8) is 0 Å². The van der Waals surface area contributed by atoms with Gasteiger partial charge in [0.25, 0.3) is 11.8 Å². The number of carbonyl (C=O) groups is 2. The fourth-order valence-corrected chi connectivity index (χ4v) is 4.41. The van der Waals surface area contributed by atoms with Crippen LogP contribution in [0.1, 0.15) is 28.7 Å². The van der Waals surface area contributed by atoms with Gasteiger partial charge in [-0.05, 0) is 79.6 Å². The van der Waals surface area contributed by atoms with Crippen LogP contribution in [0.2, 0.25) is 0 Å². The van der Waals surface area contributed by atoms with Crippen molar-refractivity contribution in [1.82, 2.24) is 0 Å². The molecule has 0 spiro atoms. The highest BCUT2D eigenvalue weighted by atomic mass is 16.2. The van der Waals surface area contributed by atoms with E-state index in [1.165, 1.54) is 16.0 Å². The maximum absolute atomic E-state index is 13.2. The lowest BCUT2D eigenvalue weighted by molar-refractivity contribution is -0.121. The van der Waals surface area contributed by atoms with Crippen molar-refractivity contribution in [2.75, 3.05) is 9.91 Å². The molecule has 2 amide bonds. The van der Waals surface area contributed by atoms with Gasteiger partial charge in [0.15, 0.2) is 12.1 Å². The summed E-state index contributed by atoms with van der Waals surface area (Å²) >= 11 is 0. The summed E-state index contributed by atoms with van der Waals surface area (Å²) in [6.07, 6.45) is 3.19. The summed E-state index contributed by atoms with van der Waals surface area (Å²) in [4.78, 5) is 27.4. The van der Waals surface area contributed by atoms with Crippen molar-refractivity contribution in [3.05, 3.63) is 58.7 Å². The lowest BCUT2D eigenvalue weighted by Gasteiger charge is -2.21. The van der Waals surface area contributed by atoms with E-state index in [9.17, 15) is 9.59 Å². The van der Waals surface area contributed by atoms with Gasteiger partial charge in [-0.15, -0.1) is 0 Å². The van der Waals surface area contributed by atoms with Crippen molar-refractivity contribution in [2.24, 2.45) is 10.3 Å². The van der Waals surface area contributed by atoms with Crippen LogP contribution in [0.15, 0.2) is 46.7 Å². The first-order chi connectivity index (χ1) is 13.0. The van der Waals surface area contributed by atoms with Gasteiger partial charge in [0.1, 0.15) is 0 Å². The molecular formula is C21H20N4O2. The Morgan fingerprint density at radius 1 is 0.889 bits per heavy atom. The number of anilines is 2. The number of aryl methyl sites for hydroxylation is 4. The fraction of sp³-hybridized carbons (Fsp3) is 0.333. The van der Waals surface area contributed by atoms with E-state index in [1.54, 1.807) is 5.01 Å². The van der Waals surface area contributed by atoms with Crippen molar-refractivity contribution in [3.8, 4) is 0 Å². The second kappa shape index (κ2) is 5.74. The zero-order valence-corrected chi connectivity index (χ0v) is 15.3. The average Bonchev–Trinajstić information content (AvgIpc) is 3.31. The normalized spacial score (nSPS) is 23.3. The summed E-state index contributed by atoms with van der Waals surface area (Å²) in [5.41, 5.74) is 6.15. The third-order valence-corrected chi connectivity index (χ3v) is 5.59. The second-order valence-corrected chi connectivity index (χ2v) is 7.60. The average molecular weight is 360 g/mol. The van der Waals surface area contributed by atoms with E-state index in [4.69, 9.17) is 0 Å². The van der Waals surface area contributed by atoms with E-state index in [0.29, 0.717) is 5.69 Å². The van der Waals surface area contributed by atoms with Gasteiger partial charge in [0.2, 0.25) is 0 Å². The number of imide groups is 1. The second-order valence-electron chi connectivity index (χ2n) is 7.60. The van der Waals surface area contributed by atoms with Crippen molar-refractivity contribution >= 4 is 23.2 Å². The molecule has 5 rings (SSSR count). The van der Waals surface area contributed by atoms with Gasteiger partial charge in [-0.25, -0.2) is 9.91 Å². The van der Waals surface area contributed by atoms with Crippen molar-refractivity contribution in [2.45, 2.75) is 45.2 Å². The molecule has 27 heavy (non-hydrogen) atoms. The van der Waals surface area contributed by atoms with E-state index in [0.717, 1.165) is 36.1 Å². The molecular weight excluding hydrogens is 340 g/mol. The van der Waals surface area contributed by atoms with Crippen LogP contribution in [0, 0.1) is 13.8 Å². The monoisotopic (exact) mass is 360 g/mol. The van der Waals surface area contributed by atoms with Crippen LogP contribution < -0.4 is 9.91 Å². The molecule has 2 aromatic rings. The summed E-state index contributed by atoms with van der Waals surface area (Å²) in [6, 6.07) is 10.4. The Morgan fingerprint density at radius 3 is 2.41 bits per heavy atom. The first-order valence-electron chi connectivity index (χ1n) is 9.31. The maximum Gasteiger partial charge on any atom is 0.263 e. The van der Waals surface area contributed by atoms with Crippen molar-refractivity contribution < 1.29 is 9.59 Å². The molecule has 2 aliphatic heterocycles. The van der Waals surface area contributed by atoms with Crippen LogP contribution >= 0.6 is 0 Å². The third kappa shape index (κ3) is 2.40. The topological polar surface area (TPSA) is 65.3 Å². The Hall–Kier alpha value is -3.02. The molecule has 136 valence electrons. The van der Waals surface area contributed by atoms with Gasteiger partial charge in [-0.3, -0.25) is 9.59 Å². The van der Waals surface area contributed by atoms with Crippen LogP contribution in [-0.2, 0) is 22.4 Å². The number of benzene rings is 2. The summed E-state index contributed by atoms with van der Waals surface area (Å²) in [5, 5.41) is 9.88. The molecule has 0 aromatic heterocycles. The Balaban J connectivity index is 1.51. The van der Waals surface area contributed by atoms with E-state index in [-0.39, 0.29) is 11.8 Å². The van der Waals surface area contributed by atoms with E-state index in [2.05, 4.69) is 16.4 Å². The van der Waals surface area contributed by atoms with Gasteiger partial charge in [-0.2, -0.15) is 5.11 Å². The molecule has 3 aliphatic rings. The summed E-state index contributed by atoms with van der Waals surface area (Å²) in [5.74, 6) is -0.550. The first kappa shape index (κ1) is 16.2. The van der Waals surface area contributed by atoms with Gasteiger partial charge >= 0.3 is 0 Å². The predicted octanol–water partition coefficient (Wildman–Crippen LogP) is 3.29. The molecule has 6 heteroatoms. The Morgan fingerprint density at radius 2 is 1.63 bits per heavy atom. The van der Waals surface area contributed by atoms with Crippen LogP contribution in [-0.4, -0.2) is 23.9 Å². The molecule has 0 unspecified atom stereocenters. The minimum Gasteiger partial charge on any atom is -0.271 e. The number of rotatable bonds is 2. The van der Waals surface area contributed by atoms with Crippen LogP contribution in [0.4, 0.5) is 11.4 Å². The smallest absolute Gasteiger partial charge is 0.263 e. The van der Waals surface area contributed by atoms with Crippen LogP contribution in [0.3, 0.4) is 0 Å². The number of nitrogens with zero attached hydrogens (tertiary/aromatic N) is 4. The minimum absolute atomic E-state index is 0.257. The van der Waals surface area contributed by atoms with E-state index in [1.807, 2.05) is 44.2 Å². The SMILES string of the molecule is Cc1cc(C)cc(N2N=N[C@H]3C(=O)N(c4ccc5c(c4)CCC5)C(=O)[C@@H]32)c1. The zero-order chi connectivity index (χ0) is 18.7. The number of fused-ring (bicyclic) bond motifs is 2. The lowest BCUT2D eigenvalue weighted by atomic mass is 10.1. The van der Waals surface area contributed by atoms with Gasteiger partial charge in [0, 0.05) is 0 Å². The molecule has 0 N–H and O–H groups in total. The molecule has 2 atom stereocenters.